The van der Waals surface area contributed by atoms with Gasteiger partial charge in [-0.05, 0) is 54.3 Å². The zero-order valence-corrected chi connectivity index (χ0v) is 18.8. The third-order valence-electron chi connectivity index (χ3n) is 4.25. The highest BCUT2D eigenvalue weighted by molar-refractivity contribution is 8.00. The summed E-state index contributed by atoms with van der Waals surface area (Å²) in [5, 5.41) is 16.4. The van der Waals surface area contributed by atoms with E-state index in [1.807, 2.05) is 36.6 Å². The number of rotatable bonds is 8. The molecule has 1 atom stereocenters. The minimum absolute atomic E-state index is 0.0367. The number of carboxylic acids is 1. The molecule has 0 aliphatic carbocycles. The average molecular weight is 475 g/mol. The van der Waals surface area contributed by atoms with Crippen molar-refractivity contribution in [3.8, 4) is 0 Å². The molecule has 2 aromatic carbocycles. The number of aromatic carboxylic acids is 1. The van der Waals surface area contributed by atoms with Crippen molar-refractivity contribution in [2.75, 3.05) is 10.6 Å². The van der Waals surface area contributed by atoms with E-state index in [1.165, 1.54) is 41.3 Å². The zero-order chi connectivity index (χ0) is 22.4. The van der Waals surface area contributed by atoms with E-state index in [0.717, 1.165) is 4.90 Å². The number of thiophene rings is 1. The maximum absolute atomic E-state index is 12.8. The fourth-order valence-corrected chi connectivity index (χ4v) is 4.50. The second-order valence-corrected chi connectivity index (χ2v) is 9.09. The first-order valence-corrected chi connectivity index (χ1v) is 11.5. The molecule has 1 unspecified atom stereocenters. The van der Waals surface area contributed by atoms with Gasteiger partial charge in [0.25, 0.3) is 5.91 Å². The van der Waals surface area contributed by atoms with E-state index in [1.54, 1.807) is 12.1 Å². The molecule has 1 heterocycles. The lowest BCUT2D eigenvalue weighted by atomic mass is 10.2. The molecule has 3 N–H and O–H groups in total. The first-order valence-electron chi connectivity index (χ1n) is 9.32. The van der Waals surface area contributed by atoms with Crippen LogP contribution in [0.25, 0.3) is 0 Å². The van der Waals surface area contributed by atoms with Crippen molar-refractivity contribution in [3.63, 3.8) is 0 Å². The first kappa shape index (κ1) is 22.9. The van der Waals surface area contributed by atoms with Crippen molar-refractivity contribution in [1.29, 1.82) is 0 Å². The van der Waals surface area contributed by atoms with Crippen LogP contribution in [0.5, 0.6) is 0 Å². The van der Waals surface area contributed by atoms with Gasteiger partial charge in [-0.25, -0.2) is 4.79 Å². The number of amides is 2. The Labute approximate surface area is 192 Å². The van der Waals surface area contributed by atoms with Crippen LogP contribution in [0, 0.1) is 0 Å². The van der Waals surface area contributed by atoms with E-state index in [0.29, 0.717) is 17.0 Å². The summed E-state index contributed by atoms with van der Waals surface area (Å²) < 4.78 is 0. The van der Waals surface area contributed by atoms with Gasteiger partial charge < -0.3 is 15.7 Å². The number of nitrogens with one attached hydrogen (secondary N) is 2. The highest BCUT2D eigenvalue weighted by Crippen LogP contribution is 2.30. The number of carboxylic acid groups (broad SMARTS) is 1. The second-order valence-electron chi connectivity index (χ2n) is 6.46. The summed E-state index contributed by atoms with van der Waals surface area (Å²) in [6, 6.07) is 15.0. The molecule has 0 spiro atoms. The molecule has 31 heavy (non-hydrogen) atoms. The van der Waals surface area contributed by atoms with Crippen LogP contribution in [-0.4, -0.2) is 28.1 Å². The van der Waals surface area contributed by atoms with E-state index in [2.05, 4.69) is 10.6 Å². The van der Waals surface area contributed by atoms with Crippen LogP contribution in [0.3, 0.4) is 0 Å². The molecule has 6 nitrogen and oxygen atoms in total. The Bertz CT molecular complexity index is 1100. The Balaban J connectivity index is 1.69. The standard InChI is InChI=1S/C22H19ClN2O4S2/c1-2-18(20(26)25-17-11-13(22(28)29)8-9-16(17)23)31-15-6-3-5-14(12-15)24-21(27)19-7-4-10-30-19/h3-12,18H,2H2,1H3,(H,24,27)(H,25,26)(H,28,29). The fourth-order valence-electron chi connectivity index (χ4n) is 2.70. The number of hydrogen-bond acceptors (Lipinski definition) is 5. The molecular weight excluding hydrogens is 456 g/mol. The summed E-state index contributed by atoms with van der Waals surface area (Å²) in [5.74, 6) is -1.57. The summed E-state index contributed by atoms with van der Waals surface area (Å²) in [4.78, 5) is 37.7. The number of carbonyl (C=O) groups is 3. The van der Waals surface area contributed by atoms with Crippen molar-refractivity contribution in [2.24, 2.45) is 0 Å². The van der Waals surface area contributed by atoms with Gasteiger partial charge in [-0.1, -0.05) is 30.7 Å². The maximum atomic E-state index is 12.8. The van der Waals surface area contributed by atoms with Gasteiger partial charge in [0.1, 0.15) is 0 Å². The highest BCUT2D eigenvalue weighted by atomic mass is 35.5. The van der Waals surface area contributed by atoms with Crippen LogP contribution in [-0.2, 0) is 4.79 Å². The van der Waals surface area contributed by atoms with Crippen LogP contribution < -0.4 is 10.6 Å². The van der Waals surface area contributed by atoms with Crippen LogP contribution >= 0.6 is 34.7 Å². The summed E-state index contributed by atoms with van der Waals surface area (Å²) in [5.41, 5.74) is 0.924. The molecule has 9 heteroatoms. The largest absolute Gasteiger partial charge is 0.478 e. The normalized spacial score (nSPS) is 11.5. The topological polar surface area (TPSA) is 95.5 Å². The van der Waals surface area contributed by atoms with Crippen molar-refractivity contribution in [2.45, 2.75) is 23.5 Å². The van der Waals surface area contributed by atoms with Crippen molar-refractivity contribution >= 4 is 63.9 Å². The SMILES string of the molecule is CCC(Sc1cccc(NC(=O)c2cccs2)c1)C(=O)Nc1cc(C(=O)O)ccc1Cl. The molecule has 0 saturated carbocycles. The Hall–Kier alpha value is -2.81. The van der Waals surface area contributed by atoms with E-state index < -0.39 is 11.2 Å². The van der Waals surface area contributed by atoms with E-state index >= 15 is 0 Å². The number of benzene rings is 2. The highest BCUT2D eigenvalue weighted by Gasteiger charge is 2.20. The van der Waals surface area contributed by atoms with Gasteiger partial charge in [-0.2, -0.15) is 0 Å². The summed E-state index contributed by atoms with van der Waals surface area (Å²) in [7, 11) is 0. The molecule has 160 valence electrons. The molecule has 0 saturated heterocycles. The van der Waals surface area contributed by atoms with Gasteiger partial charge in [0.2, 0.25) is 5.91 Å². The Kier molecular flexibility index (Phi) is 7.73. The van der Waals surface area contributed by atoms with E-state index in [-0.39, 0.29) is 28.1 Å². The van der Waals surface area contributed by atoms with Crippen molar-refractivity contribution < 1.29 is 19.5 Å². The van der Waals surface area contributed by atoms with Crippen molar-refractivity contribution in [3.05, 3.63) is 75.4 Å². The summed E-state index contributed by atoms with van der Waals surface area (Å²) in [6.07, 6.45) is 0.540. The fraction of sp³-hybridized carbons (Fsp3) is 0.136. The number of thioether (sulfide) groups is 1. The second kappa shape index (κ2) is 10.5. The molecule has 0 radical (unpaired) electrons. The molecule has 3 aromatic rings. The molecule has 0 aliphatic heterocycles. The van der Waals surface area contributed by atoms with Gasteiger partial charge in [-0.3, -0.25) is 9.59 Å². The molecule has 0 fully saturated rings. The molecule has 1 aromatic heterocycles. The Morgan fingerprint density at radius 2 is 1.90 bits per heavy atom. The van der Waals surface area contributed by atoms with Crippen LogP contribution in [0.1, 0.15) is 33.4 Å². The average Bonchev–Trinajstić information content (AvgIpc) is 3.28. The lowest BCUT2D eigenvalue weighted by Crippen LogP contribution is -2.24. The smallest absolute Gasteiger partial charge is 0.335 e. The first-order chi connectivity index (χ1) is 14.9. The lowest BCUT2D eigenvalue weighted by molar-refractivity contribution is -0.115. The van der Waals surface area contributed by atoms with E-state index in [4.69, 9.17) is 16.7 Å². The summed E-state index contributed by atoms with van der Waals surface area (Å²) >= 11 is 8.82. The van der Waals surface area contributed by atoms with Gasteiger partial charge >= 0.3 is 5.97 Å². The number of anilines is 2. The van der Waals surface area contributed by atoms with Crippen LogP contribution in [0.2, 0.25) is 5.02 Å². The number of hydrogen-bond donors (Lipinski definition) is 3. The third-order valence-corrected chi connectivity index (χ3v) is 6.81. The van der Waals surface area contributed by atoms with Crippen LogP contribution in [0.4, 0.5) is 11.4 Å². The van der Waals surface area contributed by atoms with E-state index in [9.17, 15) is 14.4 Å². The van der Waals surface area contributed by atoms with Gasteiger partial charge in [-0.15, -0.1) is 23.1 Å². The number of carbonyl (C=O) groups excluding carboxylic acids is 2. The lowest BCUT2D eigenvalue weighted by Gasteiger charge is -2.16. The van der Waals surface area contributed by atoms with Crippen molar-refractivity contribution in [1.82, 2.24) is 0 Å². The quantitative estimate of drug-likeness (QED) is 0.355. The monoisotopic (exact) mass is 474 g/mol. The minimum atomic E-state index is -1.10. The van der Waals surface area contributed by atoms with Gasteiger partial charge in [0, 0.05) is 10.6 Å². The predicted molar refractivity (Wildman–Crippen MR) is 126 cm³/mol. The van der Waals surface area contributed by atoms with Gasteiger partial charge in [0.15, 0.2) is 0 Å². The molecular formula is C22H19ClN2O4S2. The predicted octanol–water partition coefficient (Wildman–Crippen LogP) is 5.86. The molecule has 3 rings (SSSR count). The molecule has 2 amide bonds. The molecule has 0 bridgehead atoms. The van der Waals surface area contributed by atoms with Gasteiger partial charge in [0.05, 0.1) is 26.4 Å². The number of halogens is 1. The maximum Gasteiger partial charge on any atom is 0.335 e. The Morgan fingerprint density at radius 1 is 1.10 bits per heavy atom. The zero-order valence-electron chi connectivity index (χ0n) is 16.4. The summed E-state index contributed by atoms with van der Waals surface area (Å²) in [6.45, 7) is 1.88. The third kappa shape index (κ3) is 6.10. The van der Waals surface area contributed by atoms with Crippen LogP contribution in [0.15, 0.2) is 64.9 Å². The molecule has 0 aliphatic rings. The Morgan fingerprint density at radius 3 is 2.58 bits per heavy atom. The minimum Gasteiger partial charge on any atom is -0.478 e.